The van der Waals surface area contributed by atoms with Gasteiger partial charge in [0.2, 0.25) is 0 Å². The SMILES string of the molecule is C[CH-]C(C)=O.[V]. The van der Waals surface area contributed by atoms with Crippen LogP contribution < -0.4 is 0 Å². The molecule has 35 valence electrons. The summed E-state index contributed by atoms with van der Waals surface area (Å²) in [6.45, 7) is 3.25. The summed E-state index contributed by atoms with van der Waals surface area (Å²) in [6.07, 6.45) is 1.53. The van der Waals surface area contributed by atoms with E-state index in [9.17, 15) is 4.79 Å². The maximum absolute atomic E-state index is 9.76. The molecule has 0 amide bonds. The van der Waals surface area contributed by atoms with E-state index in [1.165, 1.54) is 13.3 Å². The molecule has 0 fully saturated rings. The molecule has 0 N–H and O–H groups in total. The van der Waals surface area contributed by atoms with Crippen molar-refractivity contribution < 1.29 is 23.4 Å². The minimum Gasteiger partial charge on any atom is -0.335 e. The van der Waals surface area contributed by atoms with Crippen molar-refractivity contribution in [2.75, 3.05) is 0 Å². The molecule has 0 unspecified atom stereocenters. The summed E-state index contributed by atoms with van der Waals surface area (Å²) in [7, 11) is 0. The van der Waals surface area contributed by atoms with Gasteiger partial charge in [-0.1, -0.05) is 0 Å². The van der Waals surface area contributed by atoms with E-state index in [1.807, 2.05) is 0 Å². The Balaban J connectivity index is 0. The second-order valence-electron chi connectivity index (χ2n) is 0.899. The number of ketones is 1. The number of carbonyl (C=O) groups excluding carboxylic acids is 1. The normalized spacial score (nSPS) is 5.67. The van der Waals surface area contributed by atoms with Gasteiger partial charge in [-0.05, 0) is 12.7 Å². The van der Waals surface area contributed by atoms with E-state index in [2.05, 4.69) is 0 Å². The Labute approximate surface area is 50.0 Å². The molecule has 0 aromatic carbocycles. The Morgan fingerprint density at radius 1 is 1.67 bits per heavy atom. The van der Waals surface area contributed by atoms with E-state index < -0.39 is 0 Å². The largest absolute Gasteiger partial charge is 0.335 e. The van der Waals surface area contributed by atoms with Crippen LogP contribution in [0.1, 0.15) is 13.8 Å². The van der Waals surface area contributed by atoms with Gasteiger partial charge in [-0.2, -0.15) is 6.92 Å². The first kappa shape index (κ1) is 9.45. The average Bonchev–Trinajstić information content (AvgIpc) is 1.38. The molecule has 0 aliphatic carbocycles. The van der Waals surface area contributed by atoms with E-state index in [0.29, 0.717) is 0 Å². The molecule has 0 rings (SSSR count). The smallest absolute Gasteiger partial charge is 0 e. The van der Waals surface area contributed by atoms with Crippen molar-refractivity contribution in [3.8, 4) is 0 Å². The number of Topliss-reactive ketones (excluding diaryl/α,β-unsaturated/α-hetero) is 1. The zero-order chi connectivity index (χ0) is 4.28. The van der Waals surface area contributed by atoms with Crippen LogP contribution in [0.4, 0.5) is 0 Å². The van der Waals surface area contributed by atoms with Crippen molar-refractivity contribution in [3.63, 3.8) is 0 Å². The fourth-order valence-corrected chi connectivity index (χ4v) is 0. The molecule has 0 aromatic rings. The predicted octanol–water partition coefficient (Wildman–Crippen LogP) is 0.797. The van der Waals surface area contributed by atoms with Crippen LogP contribution in [0.5, 0.6) is 0 Å². The van der Waals surface area contributed by atoms with E-state index >= 15 is 0 Å². The summed E-state index contributed by atoms with van der Waals surface area (Å²) in [5, 5.41) is 0. The van der Waals surface area contributed by atoms with Crippen LogP contribution in [-0.2, 0) is 23.4 Å². The molecule has 1 nitrogen and oxygen atoms in total. The molecule has 0 heterocycles. The van der Waals surface area contributed by atoms with Gasteiger partial charge in [0.1, 0.15) is 0 Å². The minimum absolute atomic E-state index is 0. The average molecular weight is 122 g/mol. The Morgan fingerprint density at radius 2 is 1.83 bits per heavy atom. The Morgan fingerprint density at radius 3 is 1.83 bits per heavy atom. The van der Waals surface area contributed by atoms with Gasteiger partial charge in [-0.3, -0.25) is 0 Å². The summed E-state index contributed by atoms with van der Waals surface area (Å²) in [5.41, 5.74) is 0. The van der Waals surface area contributed by atoms with Crippen molar-refractivity contribution in [3.05, 3.63) is 6.42 Å². The van der Waals surface area contributed by atoms with Crippen LogP contribution in [0, 0.1) is 6.42 Å². The molecule has 2 heteroatoms. The zero-order valence-corrected chi connectivity index (χ0v) is 5.33. The topological polar surface area (TPSA) is 17.1 Å². The van der Waals surface area contributed by atoms with E-state index in [4.69, 9.17) is 0 Å². The van der Waals surface area contributed by atoms with Gasteiger partial charge < -0.3 is 11.2 Å². The van der Waals surface area contributed by atoms with Crippen LogP contribution in [0.2, 0.25) is 0 Å². The number of rotatable bonds is 1. The second kappa shape index (κ2) is 5.12. The third-order valence-electron chi connectivity index (χ3n) is 0.407. The molecule has 0 spiro atoms. The van der Waals surface area contributed by atoms with E-state index in [0.717, 1.165) is 0 Å². The fraction of sp³-hybridized carbons (Fsp3) is 0.500. The van der Waals surface area contributed by atoms with Crippen molar-refractivity contribution in [2.24, 2.45) is 0 Å². The summed E-state index contributed by atoms with van der Waals surface area (Å²) in [4.78, 5) is 9.76. The fourth-order valence-electron chi connectivity index (χ4n) is 0. The third-order valence-corrected chi connectivity index (χ3v) is 0.407. The van der Waals surface area contributed by atoms with Crippen LogP contribution in [-0.4, -0.2) is 5.78 Å². The van der Waals surface area contributed by atoms with E-state index in [1.54, 1.807) is 6.92 Å². The van der Waals surface area contributed by atoms with Crippen LogP contribution in [0.25, 0.3) is 0 Å². The van der Waals surface area contributed by atoms with E-state index in [-0.39, 0.29) is 24.3 Å². The Kier molecular flexibility index (Phi) is 8.07. The van der Waals surface area contributed by atoms with Gasteiger partial charge in [0.05, 0.1) is 0 Å². The predicted molar refractivity (Wildman–Crippen MR) is 20.7 cm³/mol. The van der Waals surface area contributed by atoms with Crippen LogP contribution >= 0.6 is 0 Å². The summed E-state index contributed by atoms with van der Waals surface area (Å²) in [6, 6.07) is 0. The van der Waals surface area contributed by atoms with Gasteiger partial charge >= 0.3 is 0 Å². The Bertz CT molecular complexity index is 42.8. The quantitative estimate of drug-likeness (QED) is 0.470. The third kappa shape index (κ3) is 8.92. The maximum Gasteiger partial charge on any atom is 0 e. The summed E-state index contributed by atoms with van der Waals surface area (Å²) < 4.78 is 0. The molecular formula is C4H7OV-. The van der Waals surface area contributed by atoms with Crippen LogP contribution in [0.3, 0.4) is 0 Å². The number of hydrogen-bond acceptors (Lipinski definition) is 1. The Hall–Kier alpha value is 0.124. The molecule has 0 aromatic heterocycles. The first-order valence-corrected chi connectivity index (χ1v) is 1.57. The molecule has 1 radical (unpaired) electrons. The van der Waals surface area contributed by atoms with Crippen molar-refractivity contribution >= 4 is 5.78 Å². The van der Waals surface area contributed by atoms with Gasteiger partial charge in [0, 0.05) is 18.6 Å². The first-order valence-electron chi connectivity index (χ1n) is 1.57. The second-order valence-corrected chi connectivity index (χ2v) is 0.899. The first-order chi connectivity index (χ1) is 2.27. The summed E-state index contributed by atoms with van der Waals surface area (Å²) >= 11 is 0. The molecular weight excluding hydrogens is 115 g/mol. The van der Waals surface area contributed by atoms with Crippen LogP contribution in [0.15, 0.2) is 0 Å². The molecule has 6 heavy (non-hydrogen) atoms. The van der Waals surface area contributed by atoms with Gasteiger partial charge in [0.25, 0.3) is 0 Å². The van der Waals surface area contributed by atoms with Gasteiger partial charge in [0.15, 0.2) is 0 Å². The number of hydrogen-bond donors (Lipinski definition) is 0. The number of carbonyl (C=O) groups is 1. The standard InChI is InChI=1S/C4H7O.V/c1-3-4(2)5;/h3H,1-2H3;/q-1;. The van der Waals surface area contributed by atoms with Gasteiger partial charge in [-0.15, -0.1) is 0 Å². The molecule has 0 bridgehead atoms. The monoisotopic (exact) mass is 122 g/mol. The van der Waals surface area contributed by atoms with Crippen molar-refractivity contribution in [1.29, 1.82) is 0 Å². The van der Waals surface area contributed by atoms with Crippen molar-refractivity contribution in [1.82, 2.24) is 0 Å². The van der Waals surface area contributed by atoms with Gasteiger partial charge in [-0.25, -0.2) is 0 Å². The zero-order valence-electron chi connectivity index (χ0n) is 3.93. The van der Waals surface area contributed by atoms with Crippen molar-refractivity contribution in [2.45, 2.75) is 13.8 Å². The molecule has 0 aliphatic heterocycles. The maximum atomic E-state index is 9.76. The summed E-state index contributed by atoms with van der Waals surface area (Å²) in [5.74, 6) is 0.130. The molecule has 0 atom stereocenters. The minimum atomic E-state index is 0. The molecule has 0 saturated heterocycles. The molecule has 0 aliphatic rings. The molecule has 0 saturated carbocycles.